The minimum Gasteiger partial charge on any atom is -0.462 e. The average molecular weight is 914 g/mol. The first-order chi connectivity index (χ1) is 32.0. The monoisotopic (exact) mass is 913 g/mol. The fraction of sp³-hybridized carbons (Fsp3) is 0.814. The zero-order valence-electron chi connectivity index (χ0n) is 43.5. The summed E-state index contributed by atoms with van der Waals surface area (Å²) in [5.74, 6) is -0.893. The van der Waals surface area contributed by atoms with Gasteiger partial charge in [0, 0.05) is 19.3 Å². The van der Waals surface area contributed by atoms with Gasteiger partial charge in [-0.1, -0.05) is 211 Å². The Morgan fingerprint density at radius 2 is 0.538 bits per heavy atom. The molecule has 0 aliphatic carbocycles. The van der Waals surface area contributed by atoms with Crippen molar-refractivity contribution >= 4 is 17.9 Å². The maximum absolute atomic E-state index is 12.8. The van der Waals surface area contributed by atoms with Crippen molar-refractivity contribution in [1.29, 1.82) is 0 Å². The third kappa shape index (κ3) is 55.6. The Kier molecular flexibility index (Phi) is 57.0. The van der Waals surface area contributed by atoms with Crippen LogP contribution in [0.15, 0.2) is 49.6 Å². The number of carbonyl (C=O) groups excluding carboxylic acids is 3. The van der Waals surface area contributed by atoms with Gasteiger partial charge in [0.1, 0.15) is 13.2 Å². The van der Waals surface area contributed by atoms with Crippen molar-refractivity contribution in [2.24, 2.45) is 0 Å². The van der Waals surface area contributed by atoms with Crippen LogP contribution >= 0.6 is 0 Å². The second-order valence-electron chi connectivity index (χ2n) is 18.5. The van der Waals surface area contributed by atoms with E-state index in [1.54, 1.807) is 0 Å². The largest absolute Gasteiger partial charge is 0.462 e. The first kappa shape index (κ1) is 64.5. The standard InChI is InChI=1S/C57H104O6.C2H4/c1-4-7-10-13-16-19-22-25-28-31-34-37-40-43-46-49-55(58)61-52-54(63-57(60)51-48-45-42-39-36-33-30-27-24-21-18-15-12-9-6-3)53-62-56(59)50-47-44-41-38-35-32-29-26-23-20-17-14-11-8-5-2;1-2/h25-30,54H,4-24,31-53H2,1-3H3;1-2H2/b28-25-,29-26-,30-27-;. The summed E-state index contributed by atoms with van der Waals surface area (Å²) < 4.78 is 16.8. The van der Waals surface area contributed by atoms with Crippen LogP contribution in [0.25, 0.3) is 0 Å². The Morgan fingerprint density at radius 3 is 0.800 bits per heavy atom. The number of unbranched alkanes of at least 4 members (excludes halogenated alkanes) is 33. The highest BCUT2D eigenvalue weighted by Gasteiger charge is 2.19. The third-order valence-electron chi connectivity index (χ3n) is 12.1. The van der Waals surface area contributed by atoms with Crippen molar-refractivity contribution in [2.45, 2.75) is 297 Å². The summed E-state index contributed by atoms with van der Waals surface area (Å²) in [6.45, 7) is 12.6. The van der Waals surface area contributed by atoms with E-state index in [0.717, 1.165) is 77.0 Å². The van der Waals surface area contributed by atoms with Gasteiger partial charge < -0.3 is 14.2 Å². The number of rotatable bonds is 50. The van der Waals surface area contributed by atoms with E-state index in [1.807, 2.05) is 0 Å². The van der Waals surface area contributed by atoms with Gasteiger partial charge in [-0.25, -0.2) is 0 Å². The van der Waals surface area contributed by atoms with E-state index in [2.05, 4.69) is 70.4 Å². The van der Waals surface area contributed by atoms with E-state index in [-0.39, 0.29) is 31.1 Å². The molecule has 0 N–H and O–H groups in total. The van der Waals surface area contributed by atoms with Gasteiger partial charge in [0.15, 0.2) is 6.10 Å². The van der Waals surface area contributed by atoms with E-state index < -0.39 is 6.10 Å². The first-order valence-corrected chi connectivity index (χ1v) is 28.0. The molecule has 6 heteroatoms. The van der Waals surface area contributed by atoms with Gasteiger partial charge in [-0.05, 0) is 96.3 Å². The van der Waals surface area contributed by atoms with E-state index in [0.29, 0.717) is 19.3 Å². The van der Waals surface area contributed by atoms with Gasteiger partial charge >= 0.3 is 17.9 Å². The molecule has 0 bridgehead atoms. The molecule has 0 saturated heterocycles. The zero-order valence-corrected chi connectivity index (χ0v) is 43.5. The smallest absolute Gasteiger partial charge is 0.306 e. The van der Waals surface area contributed by atoms with E-state index in [4.69, 9.17) is 14.2 Å². The fourth-order valence-electron chi connectivity index (χ4n) is 7.90. The van der Waals surface area contributed by atoms with Crippen molar-refractivity contribution in [3.05, 3.63) is 49.6 Å². The normalized spacial score (nSPS) is 11.5. The molecule has 0 amide bonds. The molecule has 0 aromatic heterocycles. The van der Waals surface area contributed by atoms with Crippen molar-refractivity contribution in [1.82, 2.24) is 0 Å². The summed E-state index contributed by atoms with van der Waals surface area (Å²) in [4.78, 5) is 38.0. The highest BCUT2D eigenvalue weighted by Crippen LogP contribution is 2.15. The summed E-state index contributed by atoms with van der Waals surface area (Å²) in [6.07, 6.45) is 61.2. The molecule has 0 unspecified atom stereocenters. The fourth-order valence-corrected chi connectivity index (χ4v) is 7.90. The molecule has 6 nitrogen and oxygen atoms in total. The Hall–Kier alpha value is -2.63. The molecule has 0 aliphatic heterocycles. The number of hydrogen-bond donors (Lipinski definition) is 0. The number of ether oxygens (including phenoxy) is 3. The SMILES string of the molecule is C=C.CCCCCCCC/C=C\CCCCCCCC(=O)OCC(COC(=O)CCCCCCC/C=C\CCCCCCCC)OC(=O)CCCCCCC/C=C\CCCCCCCC. The first-order valence-electron chi connectivity index (χ1n) is 28.0. The molecule has 0 atom stereocenters. The maximum Gasteiger partial charge on any atom is 0.306 e. The summed E-state index contributed by atoms with van der Waals surface area (Å²) in [5.41, 5.74) is 0. The van der Waals surface area contributed by atoms with Gasteiger partial charge in [0.2, 0.25) is 0 Å². The molecule has 0 aromatic rings. The highest BCUT2D eigenvalue weighted by molar-refractivity contribution is 5.71. The lowest BCUT2D eigenvalue weighted by atomic mass is 10.1. The molecule has 0 saturated carbocycles. The lowest BCUT2D eigenvalue weighted by molar-refractivity contribution is -0.167. The van der Waals surface area contributed by atoms with Gasteiger partial charge in [0.05, 0.1) is 0 Å². The van der Waals surface area contributed by atoms with Crippen molar-refractivity contribution in [2.75, 3.05) is 13.2 Å². The molecular formula is C59H108O6. The Labute approximate surface area is 404 Å². The van der Waals surface area contributed by atoms with Crippen molar-refractivity contribution in [3.8, 4) is 0 Å². The minimum atomic E-state index is -0.781. The predicted molar refractivity (Wildman–Crippen MR) is 281 cm³/mol. The van der Waals surface area contributed by atoms with Crippen LogP contribution < -0.4 is 0 Å². The van der Waals surface area contributed by atoms with Crippen LogP contribution in [0.4, 0.5) is 0 Å². The average Bonchev–Trinajstić information content (AvgIpc) is 3.31. The number of carbonyl (C=O) groups is 3. The topological polar surface area (TPSA) is 78.9 Å². The van der Waals surface area contributed by atoms with Crippen molar-refractivity contribution in [3.63, 3.8) is 0 Å². The van der Waals surface area contributed by atoms with E-state index in [9.17, 15) is 14.4 Å². The third-order valence-corrected chi connectivity index (χ3v) is 12.1. The molecule has 0 aromatic carbocycles. The number of esters is 3. The van der Waals surface area contributed by atoms with Crippen LogP contribution in [-0.4, -0.2) is 37.2 Å². The molecule has 0 aliphatic rings. The molecule has 380 valence electrons. The van der Waals surface area contributed by atoms with Gasteiger partial charge in [-0.3, -0.25) is 14.4 Å². The number of hydrogen-bond acceptors (Lipinski definition) is 6. The van der Waals surface area contributed by atoms with Crippen LogP contribution in [0.2, 0.25) is 0 Å². The van der Waals surface area contributed by atoms with Crippen LogP contribution in [0, 0.1) is 0 Å². The quantitative estimate of drug-likeness (QED) is 0.0262. The lowest BCUT2D eigenvalue weighted by Gasteiger charge is -2.18. The van der Waals surface area contributed by atoms with E-state index >= 15 is 0 Å². The van der Waals surface area contributed by atoms with Crippen LogP contribution in [0.5, 0.6) is 0 Å². The molecule has 0 spiro atoms. The number of allylic oxidation sites excluding steroid dienone is 6. The predicted octanol–water partition coefficient (Wildman–Crippen LogP) is 18.9. The van der Waals surface area contributed by atoms with Crippen LogP contribution in [0.3, 0.4) is 0 Å². The minimum absolute atomic E-state index is 0.0806. The summed E-state index contributed by atoms with van der Waals surface area (Å²) >= 11 is 0. The molecular weight excluding hydrogens is 805 g/mol. The van der Waals surface area contributed by atoms with Gasteiger partial charge in [0.25, 0.3) is 0 Å². The van der Waals surface area contributed by atoms with Gasteiger partial charge in [-0.2, -0.15) is 0 Å². The highest BCUT2D eigenvalue weighted by atomic mass is 16.6. The van der Waals surface area contributed by atoms with Gasteiger partial charge in [-0.15, -0.1) is 13.2 Å². The molecule has 0 fully saturated rings. The van der Waals surface area contributed by atoms with Crippen LogP contribution in [0.1, 0.15) is 290 Å². The second-order valence-corrected chi connectivity index (χ2v) is 18.5. The Bertz CT molecular complexity index is 1020. The Balaban J connectivity index is 0. The summed E-state index contributed by atoms with van der Waals surface area (Å²) in [6, 6.07) is 0. The summed E-state index contributed by atoms with van der Waals surface area (Å²) in [5, 5.41) is 0. The van der Waals surface area contributed by atoms with E-state index in [1.165, 1.54) is 173 Å². The lowest BCUT2D eigenvalue weighted by Crippen LogP contribution is -2.30. The molecule has 0 rings (SSSR count). The molecule has 65 heavy (non-hydrogen) atoms. The zero-order chi connectivity index (χ0) is 47.8. The summed E-state index contributed by atoms with van der Waals surface area (Å²) in [7, 11) is 0. The molecule has 0 heterocycles. The molecule has 0 radical (unpaired) electrons. The Morgan fingerprint density at radius 1 is 0.323 bits per heavy atom. The van der Waals surface area contributed by atoms with Crippen molar-refractivity contribution < 1.29 is 28.6 Å². The van der Waals surface area contributed by atoms with Crippen LogP contribution in [-0.2, 0) is 28.6 Å². The maximum atomic E-state index is 12.8. The second kappa shape index (κ2) is 57.5.